The second-order valence-corrected chi connectivity index (χ2v) is 4.93. The van der Waals surface area contributed by atoms with Crippen molar-refractivity contribution in [3.63, 3.8) is 0 Å². The molecule has 5 nitrogen and oxygen atoms in total. The number of rotatable bonds is 5. The first kappa shape index (κ1) is 15.0. The van der Waals surface area contributed by atoms with E-state index in [1.165, 1.54) is 0 Å². The summed E-state index contributed by atoms with van der Waals surface area (Å²) < 4.78 is 0. The Morgan fingerprint density at radius 1 is 1.21 bits per heavy atom. The van der Waals surface area contributed by atoms with E-state index in [1.54, 1.807) is 19.2 Å². The smallest absolute Gasteiger partial charge is 0.230 e. The zero-order valence-electron chi connectivity index (χ0n) is 11.6. The number of hydrogen-bond acceptors (Lipinski definition) is 3. The average molecular weight is 263 g/mol. The monoisotopic (exact) mass is 263 g/mol. The third-order valence-corrected chi connectivity index (χ3v) is 3.12. The van der Waals surface area contributed by atoms with E-state index in [0.29, 0.717) is 12.2 Å². The van der Waals surface area contributed by atoms with Crippen LogP contribution in [0.25, 0.3) is 0 Å². The summed E-state index contributed by atoms with van der Waals surface area (Å²) in [6.07, 6.45) is 0.278. The van der Waals surface area contributed by atoms with Crippen molar-refractivity contribution in [2.45, 2.75) is 25.7 Å². The summed E-state index contributed by atoms with van der Waals surface area (Å²) in [7, 11) is 1.57. The van der Waals surface area contributed by atoms with Crippen molar-refractivity contribution >= 4 is 17.5 Å². The van der Waals surface area contributed by atoms with Crippen LogP contribution in [0.3, 0.4) is 0 Å². The van der Waals surface area contributed by atoms with Gasteiger partial charge in [0, 0.05) is 25.7 Å². The van der Waals surface area contributed by atoms with E-state index >= 15 is 0 Å². The second kappa shape index (κ2) is 6.22. The third kappa shape index (κ3) is 3.98. The summed E-state index contributed by atoms with van der Waals surface area (Å²) in [5.41, 5.74) is 6.53. The van der Waals surface area contributed by atoms with E-state index in [2.05, 4.69) is 10.6 Å². The number of nitrogens with one attached hydrogen (secondary N) is 2. The van der Waals surface area contributed by atoms with Gasteiger partial charge in [0.25, 0.3) is 0 Å². The highest BCUT2D eigenvalue weighted by molar-refractivity contribution is 5.87. The number of hydrogen-bond donors (Lipinski definition) is 3. The van der Waals surface area contributed by atoms with E-state index in [9.17, 15) is 9.59 Å². The van der Waals surface area contributed by atoms with E-state index in [0.717, 1.165) is 5.56 Å². The summed E-state index contributed by atoms with van der Waals surface area (Å²) in [5.74, 6) is -0.202. The molecule has 1 rings (SSSR count). The Kier molecular flexibility index (Phi) is 4.92. The molecule has 0 saturated heterocycles. The molecule has 0 heterocycles. The largest absolute Gasteiger partial charge is 0.399 e. The summed E-state index contributed by atoms with van der Waals surface area (Å²) >= 11 is 0. The molecular formula is C14H21N3O2. The topological polar surface area (TPSA) is 84.2 Å². The molecule has 0 fully saturated rings. The SMILES string of the molecule is CNC(=O)CCNC(=O)C(C)(C)c1ccc(N)cc1. The standard InChI is InChI=1S/C14H21N3O2/c1-14(2,10-4-6-11(15)7-5-10)13(19)17-9-8-12(18)16-3/h4-7H,8-9,15H2,1-3H3,(H,16,18)(H,17,19). The van der Waals surface area contributed by atoms with Gasteiger partial charge in [0.15, 0.2) is 0 Å². The van der Waals surface area contributed by atoms with Gasteiger partial charge in [-0.1, -0.05) is 12.1 Å². The summed E-state index contributed by atoms with van der Waals surface area (Å²) in [6.45, 7) is 4.01. The highest BCUT2D eigenvalue weighted by atomic mass is 16.2. The van der Waals surface area contributed by atoms with Crippen LogP contribution in [0.1, 0.15) is 25.8 Å². The molecule has 0 unspecified atom stereocenters. The minimum atomic E-state index is -0.656. The van der Waals surface area contributed by atoms with Crippen LogP contribution in [0.2, 0.25) is 0 Å². The highest BCUT2D eigenvalue weighted by Gasteiger charge is 2.29. The summed E-state index contributed by atoms with van der Waals surface area (Å²) in [5, 5.41) is 5.28. The number of benzene rings is 1. The van der Waals surface area contributed by atoms with Crippen molar-refractivity contribution in [2.24, 2.45) is 0 Å². The van der Waals surface area contributed by atoms with E-state index in [-0.39, 0.29) is 18.2 Å². The van der Waals surface area contributed by atoms with Crippen LogP contribution in [-0.2, 0) is 15.0 Å². The normalized spacial score (nSPS) is 10.9. The number of nitrogen functional groups attached to an aromatic ring is 1. The number of carbonyl (C=O) groups excluding carboxylic acids is 2. The third-order valence-electron chi connectivity index (χ3n) is 3.12. The van der Waals surface area contributed by atoms with Gasteiger partial charge in [-0.05, 0) is 31.5 Å². The van der Waals surface area contributed by atoms with Crippen LogP contribution < -0.4 is 16.4 Å². The Morgan fingerprint density at radius 3 is 2.32 bits per heavy atom. The zero-order chi connectivity index (χ0) is 14.5. The zero-order valence-corrected chi connectivity index (χ0v) is 11.6. The first-order valence-electron chi connectivity index (χ1n) is 6.23. The van der Waals surface area contributed by atoms with Gasteiger partial charge < -0.3 is 16.4 Å². The van der Waals surface area contributed by atoms with Gasteiger partial charge in [-0.25, -0.2) is 0 Å². The maximum Gasteiger partial charge on any atom is 0.230 e. The molecule has 0 radical (unpaired) electrons. The lowest BCUT2D eigenvalue weighted by Crippen LogP contribution is -2.41. The van der Waals surface area contributed by atoms with Crippen LogP contribution in [0, 0.1) is 0 Å². The van der Waals surface area contributed by atoms with Crippen molar-refractivity contribution in [3.05, 3.63) is 29.8 Å². The summed E-state index contributed by atoms with van der Waals surface area (Å²) in [4.78, 5) is 23.2. The Bertz CT molecular complexity index is 452. The molecule has 104 valence electrons. The maximum atomic E-state index is 12.1. The Labute approximate surface area is 113 Å². The highest BCUT2D eigenvalue weighted by Crippen LogP contribution is 2.24. The second-order valence-electron chi connectivity index (χ2n) is 4.93. The van der Waals surface area contributed by atoms with Crippen LogP contribution in [0.15, 0.2) is 24.3 Å². The van der Waals surface area contributed by atoms with Crippen molar-refractivity contribution < 1.29 is 9.59 Å². The quantitative estimate of drug-likeness (QED) is 0.687. The molecule has 0 aliphatic heterocycles. The van der Waals surface area contributed by atoms with Gasteiger partial charge in [-0.2, -0.15) is 0 Å². The first-order valence-corrected chi connectivity index (χ1v) is 6.23. The molecule has 0 atom stereocenters. The molecular weight excluding hydrogens is 242 g/mol. The molecule has 0 aromatic heterocycles. The molecule has 1 aromatic carbocycles. The van der Waals surface area contributed by atoms with Gasteiger partial charge in [0.05, 0.1) is 5.41 Å². The van der Waals surface area contributed by atoms with Crippen LogP contribution in [0.4, 0.5) is 5.69 Å². The predicted octanol–water partition coefficient (Wildman–Crippen LogP) is 0.799. The Balaban J connectivity index is 2.63. The molecule has 0 saturated carbocycles. The lowest BCUT2D eigenvalue weighted by atomic mass is 9.83. The van der Waals surface area contributed by atoms with Gasteiger partial charge in [-0.15, -0.1) is 0 Å². The van der Waals surface area contributed by atoms with E-state index < -0.39 is 5.41 Å². The lowest BCUT2D eigenvalue weighted by molar-refractivity contribution is -0.125. The van der Waals surface area contributed by atoms with Crippen LogP contribution in [-0.4, -0.2) is 25.4 Å². The number of carbonyl (C=O) groups is 2. The average Bonchev–Trinajstić information content (AvgIpc) is 2.38. The molecule has 2 amide bonds. The van der Waals surface area contributed by atoms with Gasteiger partial charge in [0.1, 0.15) is 0 Å². The molecule has 1 aromatic rings. The molecule has 0 aliphatic carbocycles. The Morgan fingerprint density at radius 2 is 1.79 bits per heavy atom. The molecule has 5 heteroatoms. The minimum Gasteiger partial charge on any atom is -0.399 e. The molecule has 19 heavy (non-hydrogen) atoms. The van der Waals surface area contributed by atoms with Gasteiger partial charge >= 0.3 is 0 Å². The number of nitrogens with two attached hydrogens (primary N) is 1. The van der Waals surface area contributed by atoms with E-state index in [4.69, 9.17) is 5.73 Å². The number of anilines is 1. The predicted molar refractivity (Wildman–Crippen MR) is 75.6 cm³/mol. The fraction of sp³-hybridized carbons (Fsp3) is 0.429. The van der Waals surface area contributed by atoms with Crippen LogP contribution in [0.5, 0.6) is 0 Å². The maximum absolute atomic E-state index is 12.1. The molecule has 4 N–H and O–H groups in total. The van der Waals surface area contributed by atoms with Gasteiger partial charge in [0.2, 0.25) is 11.8 Å². The lowest BCUT2D eigenvalue weighted by Gasteiger charge is -2.24. The Hall–Kier alpha value is -2.04. The van der Waals surface area contributed by atoms with E-state index in [1.807, 2.05) is 26.0 Å². The molecule has 0 bridgehead atoms. The fourth-order valence-corrected chi connectivity index (χ4v) is 1.67. The van der Waals surface area contributed by atoms with Crippen molar-refractivity contribution in [1.29, 1.82) is 0 Å². The van der Waals surface area contributed by atoms with Crippen molar-refractivity contribution in [2.75, 3.05) is 19.3 Å². The van der Waals surface area contributed by atoms with Crippen LogP contribution >= 0.6 is 0 Å². The van der Waals surface area contributed by atoms with Gasteiger partial charge in [-0.3, -0.25) is 9.59 Å². The number of amides is 2. The van der Waals surface area contributed by atoms with Crippen molar-refractivity contribution in [1.82, 2.24) is 10.6 Å². The molecule has 0 aliphatic rings. The van der Waals surface area contributed by atoms with Crippen molar-refractivity contribution in [3.8, 4) is 0 Å². The fourth-order valence-electron chi connectivity index (χ4n) is 1.67. The summed E-state index contributed by atoms with van der Waals surface area (Å²) in [6, 6.07) is 7.23. The first-order chi connectivity index (χ1) is 8.87. The minimum absolute atomic E-state index is 0.0920. The molecule has 0 spiro atoms.